The van der Waals surface area contributed by atoms with E-state index in [0.29, 0.717) is 0 Å². The van der Waals surface area contributed by atoms with Crippen LogP contribution in [0.2, 0.25) is 0 Å². The smallest absolute Gasteiger partial charge is 0.407 e. The second kappa shape index (κ2) is 7.84. The zero-order valence-electron chi connectivity index (χ0n) is 13.2. The zero-order chi connectivity index (χ0) is 17.6. The molecule has 3 N–H and O–H groups in total. The number of carbonyl (C=O) groups is 1. The molecule has 0 saturated carbocycles. The van der Waals surface area contributed by atoms with Gasteiger partial charge in [-0.1, -0.05) is 0 Å². The van der Waals surface area contributed by atoms with E-state index in [9.17, 15) is 25.1 Å². The number of aromatic nitrogens is 1. The third kappa shape index (κ3) is 6.57. The molecular formula is C14H21N3O6. The summed E-state index contributed by atoms with van der Waals surface area (Å²) in [5.74, 6) is -0.345. The Balaban J connectivity index is 2.46. The van der Waals surface area contributed by atoms with Crippen LogP contribution < -0.4 is 5.32 Å². The first-order valence-corrected chi connectivity index (χ1v) is 7.03. The van der Waals surface area contributed by atoms with Gasteiger partial charge in [0.25, 0.3) is 0 Å². The Morgan fingerprint density at radius 2 is 2.09 bits per heavy atom. The molecule has 1 aromatic rings. The molecule has 0 bridgehead atoms. The fourth-order valence-electron chi connectivity index (χ4n) is 1.70. The summed E-state index contributed by atoms with van der Waals surface area (Å²) in [4.78, 5) is 24.8. The van der Waals surface area contributed by atoms with Gasteiger partial charge in [-0.25, -0.2) is 4.79 Å². The number of amides is 1. The lowest BCUT2D eigenvalue weighted by atomic mass is 10.0. The molecule has 0 aliphatic carbocycles. The van der Waals surface area contributed by atoms with Crippen LogP contribution in [0.15, 0.2) is 18.3 Å². The van der Waals surface area contributed by atoms with Gasteiger partial charge in [0.15, 0.2) is 0 Å². The zero-order valence-corrected chi connectivity index (χ0v) is 13.2. The molecular weight excluding hydrogens is 306 g/mol. The van der Waals surface area contributed by atoms with Crippen molar-refractivity contribution in [2.24, 2.45) is 0 Å². The summed E-state index contributed by atoms with van der Waals surface area (Å²) in [5, 5.41) is 32.8. The van der Waals surface area contributed by atoms with Crippen molar-refractivity contribution in [1.82, 2.24) is 10.3 Å². The maximum atomic E-state index is 11.4. The molecule has 9 nitrogen and oxygen atoms in total. The van der Waals surface area contributed by atoms with Crippen molar-refractivity contribution >= 4 is 11.9 Å². The average Bonchev–Trinajstić information content (AvgIpc) is 2.44. The van der Waals surface area contributed by atoms with Gasteiger partial charge < -0.3 is 30.4 Å². The van der Waals surface area contributed by atoms with Crippen LogP contribution in [-0.2, 0) is 4.74 Å². The Bertz CT molecular complexity index is 540. The van der Waals surface area contributed by atoms with Gasteiger partial charge in [-0.2, -0.15) is 0 Å². The Hall–Kier alpha value is -2.26. The standard InChI is InChI=1S/C14H21N3O6/c1-14(2,3)23-13(20)15-7-6-10(18)12(19)9-4-5-11(16-8-9)17(21)22/h4-5,8,10,12,18-19H,6-7H2,1-3H3,(H,15,20). The number of nitrogens with one attached hydrogen (secondary N) is 1. The second-order valence-corrected chi connectivity index (χ2v) is 5.94. The number of hydrogen-bond acceptors (Lipinski definition) is 7. The lowest BCUT2D eigenvalue weighted by Crippen LogP contribution is -2.34. The van der Waals surface area contributed by atoms with Crippen LogP contribution in [0, 0.1) is 10.1 Å². The van der Waals surface area contributed by atoms with Crippen LogP contribution in [0.4, 0.5) is 10.6 Å². The summed E-state index contributed by atoms with van der Waals surface area (Å²) in [5.41, 5.74) is -0.368. The first-order chi connectivity index (χ1) is 10.6. The third-order valence-electron chi connectivity index (χ3n) is 2.77. The van der Waals surface area contributed by atoms with E-state index in [4.69, 9.17) is 4.74 Å². The van der Waals surface area contributed by atoms with Gasteiger partial charge in [0, 0.05) is 18.2 Å². The maximum Gasteiger partial charge on any atom is 0.407 e. The number of alkyl carbamates (subject to hydrolysis) is 1. The number of nitrogens with zero attached hydrogens (tertiary/aromatic N) is 2. The van der Waals surface area contributed by atoms with Crippen molar-refractivity contribution < 1.29 is 24.7 Å². The summed E-state index contributed by atoms with van der Waals surface area (Å²) in [6.45, 7) is 5.29. The number of pyridine rings is 1. The molecule has 23 heavy (non-hydrogen) atoms. The second-order valence-electron chi connectivity index (χ2n) is 5.94. The van der Waals surface area contributed by atoms with Gasteiger partial charge in [0.05, 0.1) is 6.10 Å². The molecule has 0 aromatic carbocycles. The van der Waals surface area contributed by atoms with Gasteiger partial charge in [0.1, 0.15) is 17.9 Å². The van der Waals surface area contributed by atoms with E-state index < -0.39 is 28.8 Å². The molecule has 0 radical (unpaired) electrons. The molecule has 0 saturated heterocycles. The number of rotatable bonds is 6. The number of carbonyl (C=O) groups excluding carboxylic acids is 1. The van der Waals surface area contributed by atoms with Gasteiger partial charge >= 0.3 is 11.9 Å². The Morgan fingerprint density at radius 3 is 2.57 bits per heavy atom. The van der Waals surface area contributed by atoms with Gasteiger partial charge in [-0.15, -0.1) is 0 Å². The molecule has 0 aliphatic heterocycles. The molecule has 2 unspecified atom stereocenters. The molecule has 1 heterocycles. The van der Waals surface area contributed by atoms with Crippen LogP contribution in [0.1, 0.15) is 38.9 Å². The van der Waals surface area contributed by atoms with E-state index in [1.807, 2.05) is 0 Å². The Labute approximate surface area is 133 Å². The lowest BCUT2D eigenvalue weighted by Gasteiger charge is -2.21. The molecule has 0 spiro atoms. The molecule has 1 rings (SSSR count). The van der Waals surface area contributed by atoms with E-state index >= 15 is 0 Å². The minimum absolute atomic E-state index is 0.0808. The molecule has 1 aromatic heterocycles. The van der Waals surface area contributed by atoms with Crippen molar-refractivity contribution in [3.8, 4) is 0 Å². The van der Waals surface area contributed by atoms with E-state index in [1.54, 1.807) is 20.8 Å². The normalized spacial score (nSPS) is 14.0. The summed E-state index contributed by atoms with van der Waals surface area (Å²) >= 11 is 0. The number of aliphatic hydroxyl groups is 2. The molecule has 9 heteroatoms. The van der Waals surface area contributed by atoms with Crippen LogP contribution in [0.25, 0.3) is 0 Å². The van der Waals surface area contributed by atoms with Gasteiger partial charge in [0.2, 0.25) is 0 Å². The monoisotopic (exact) mass is 327 g/mol. The summed E-state index contributed by atoms with van der Waals surface area (Å²) in [7, 11) is 0. The predicted octanol–water partition coefficient (Wildman–Crippen LogP) is 1.30. The van der Waals surface area contributed by atoms with Crippen LogP contribution in [0.3, 0.4) is 0 Å². The van der Waals surface area contributed by atoms with Crippen molar-refractivity contribution in [3.63, 3.8) is 0 Å². The number of nitro groups is 1. The highest BCUT2D eigenvalue weighted by molar-refractivity contribution is 5.67. The maximum absolute atomic E-state index is 11.4. The highest BCUT2D eigenvalue weighted by Gasteiger charge is 2.21. The number of ether oxygens (including phenoxy) is 1. The Morgan fingerprint density at radius 1 is 1.43 bits per heavy atom. The van der Waals surface area contributed by atoms with Gasteiger partial charge in [-0.05, 0) is 43.2 Å². The fraction of sp³-hybridized carbons (Fsp3) is 0.571. The van der Waals surface area contributed by atoms with Crippen molar-refractivity contribution in [1.29, 1.82) is 0 Å². The van der Waals surface area contributed by atoms with E-state index in [2.05, 4.69) is 10.3 Å². The molecule has 2 atom stereocenters. The van der Waals surface area contributed by atoms with Crippen LogP contribution in [0.5, 0.6) is 0 Å². The van der Waals surface area contributed by atoms with E-state index in [-0.39, 0.29) is 24.3 Å². The Kier molecular flexibility index (Phi) is 6.40. The topological polar surface area (TPSA) is 135 Å². The van der Waals surface area contributed by atoms with Gasteiger partial charge in [-0.3, -0.25) is 0 Å². The summed E-state index contributed by atoms with van der Waals surface area (Å²) < 4.78 is 5.03. The SMILES string of the molecule is CC(C)(C)OC(=O)NCCC(O)C(O)c1ccc([N+](=O)[O-])nc1. The molecule has 1 amide bonds. The minimum Gasteiger partial charge on any atom is -0.444 e. The van der Waals surface area contributed by atoms with E-state index in [0.717, 1.165) is 12.3 Å². The summed E-state index contributed by atoms with van der Waals surface area (Å²) in [6, 6.07) is 2.46. The largest absolute Gasteiger partial charge is 0.444 e. The number of aliphatic hydroxyl groups excluding tert-OH is 2. The molecule has 0 aliphatic rings. The third-order valence-corrected chi connectivity index (χ3v) is 2.77. The highest BCUT2D eigenvalue weighted by Crippen LogP contribution is 2.19. The molecule has 128 valence electrons. The molecule has 0 fully saturated rings. The highest BCUT2D eigenvalue weighted by atomic mass is 16.6. The first kappa shape index (κ1) is 18.8. The first-order valence-electron chi connectivity index (χ1n) is 7.03. The minimum atomic E-state index is -1.26. The number of hydrogen-bond donors (Lipinski definition) is 3. The predicted molar refractivity (Wildman–Crippen MR) is 80.7 cm³/mol. The fourth-order valence-corrected chi connectivity index (χ4v) is 1.70. The quantitative estimate of drug-likeness (QED) is 0.529. The summed E-state index contributed by atoms with van der Waals surface area (Å²) in [6.07, 6.45) is -1.82. The van der Waals surface area contributed by atoms with Crippen molar-refractivity contribution in [2.45, 2.75) is 45.0 Å². The van der Waals surface area contributed by atoms with Crippen LogP contribution >= 0.6 is 0 Å². The van der Waals surface area contributed by atoms with Crippen molar-refractivity contribution in [2.75, 3.05) is 6.54 Å². The average molecular weight is 327 g/mol. The van der Waals surface area contributed by atoms with Crippen molar-refractivity contribution in [3.05, 3.63) is 34.0 Å². The van der Waals surface area contributed by atoms with Crippen LogP contribution in [-0.4, -0.2) is 44.5 Å². The lowest BCUT2D eigenvalue weighted by molar-refractivity contribution is -0.389. The van der Waals surface area contributed by atoms with E-state index in [1.165, 1.54) is 6.07 Å².